The highest BCUT2D eigenvalue weighted by Gasteiger charge is 2.44. The van der Waals surface area contributed by atoms with E-state index >= 15 is 0 Å². The van der Waals surface area contributed by atoms with E-state index in [1.54, 1.807) is 0 Å². The van der Waals surface area contributed by atoms with Crippen LogP contribution in [0.2, 0.25) is 10.0 Å². The Hall–Kier alpha value is -0.380. The molecule has 1 aliphatic rings. The maximum absolute atomic E-state index is 12.7. The quantitative estimate of drug-likeness (QED) is 0.710. The third kappa shape index (κ3) is 3.13. The number of benzene rings is 1. The SMILES string of the molecule is O=C(O)[C@@H]1C[C@@H](O)CN1S(=O)(=O)c1ccc(Cl)c(CBr)c1Cl. The molecule has 0 radical (unpaired) electrons. The first kappa shape index (κ1) is 18.0. The van der Waals surface area contributed by atoms with Crippen molar-refractivity contribution in [1.82, 2.24) is 4.31 Å². The molecule has 1 aliphatic heterocycles. The average Bonchev–Trinajstić information content (AvgIpc) is 2.82. The van der Waals surface area contributed by atoms with Crippen molar-refractivity contribution in [2.75, 3.05) is 6.54 Å². The van der Waals surface area contributed by atoms with Crippen LogP contribution in [-0.4, -0.2) is 47.6 Å². The number of carboxylic acids is 1. The number of alkyl halides is 1. The van der Waals surface area contributed by atoms with E-state index in [1.807, 2.05) is 0 Å². The highest BCUT2D eigenvalue weighted by Crippen LogP contribution is 2.36. The lowest BCUT2D eigenvalue weighted by Gasteiger charge is -2.22. The van der Waals surface area contributed by atoms with Gasteiger partial charge in [-0.1, -0.05) is 39.1 Å². The molecule has 1 fully saturated rings. The molecule has 1 saturated heterocycles. The molecular formula is C12H12BrCl2NO5S. The molecule has 2 atom stereocenters. The van der Waals surface area contributed by atoms with Crippen LogP contribution < -0.4 is 0 Å². The summed E-state index contributed by atoms with van der Waals surface area (Å²) in [5, 5.41) is 19.3. The van der Waals surface area contributed by atoms with Gasteiger partial charge in [0.25, 0.3) is 0 Å². The Kier molecular flexibility index (Phi) is 5.41. The second-order valence-electron chi connectivity index (χ2n) is 4.79. The Labute approximate surface area is 145 Å². The standard InChI is InChI=1S/C12H12BrCl2NO5S/c13-4-7-8(14)1-2-10(11(7)15)22(20,21)16-5-6(17)3-9(16)12(18)19/h1-2,6,9,17H,3-5H2,(H,18,19)/t6-,9+/m1/s1. The zero-order chi connectivity index (χ0) is 16.7. The van der Waals surface area contributed by atoms with Crippen LogP contribution in [-0.2, 0) is 20.1 Å². The summed E-state index contributed by atoms with van der Waals surface area (Å²) in [6.07, 6.45) is -1.19. The van der Waals surface area contributed by atoms with Crippen molar-refractivity contribution in [2.24, 2.45) is 0 Å². The van der Waals surface area contributed by atoms with Gasteiger partial charge in [-0.05, 0) is 12.1 Å². The van der Waals surface area contributed by atoms with Gasteiger partial charge in [-0.3, -0.25) is 4.79 Å². The lowest BCUT2D eigenvalue weighted by atomic mass is 10.2. The van der Waals surface area contributed by atoms with Gasteiger partial charge in [-0.25, -0.2) is 8.42 Å². The first-order chi connectivity index (χ1) is 10.2. The normalized spacial score (nSPS) is 22.9. The van der Waals surface area contributed by atoms with Gasteiger partial charge in [0, 0.05) is 28.9 Å². The number of carbonyl (C=O) groups is 1. The van der Waals surface area contributed by atoms with Gasteiger partial charge in [0.1, 0.15) is 10.9 Å². The Morgan fingerprint density at radius 2 is 2.05 bits per heavy atom. The molecule has 1 aromatic rings. The maximum atomic E-state index is 12.7. The van der Waals surface area contributed by atoms with E-state index < -0.39 is 28.1 Å². The minimum Gasteiger partial charge on any atom is -0.480 e. The second kappa shape index (κ2) is 6.62. The van der Waals surface area contributed by atoms with Crippen LogP contribution in [0.5, 0.6) is 0 Å². The molecule has 0 aromatic heterocycles. The zero-order valence-electron chi connectivity index (χ0n) is 11.0. The second-order valence-corrected chi connectivity index (χ2v) is 7.99. The molecule has 2 N–H and O–H groups in total. The van der Waals surface area contributed by atoms with Crippen LogP contribution in [0.3, 0.4) is 0 Å². The van der Waals surface area contributed by atoms with E-state index in [0.717, 1.165) is 4.31 Å². The summed E-state index contributed by atoms with van der Waals surface area (Å²) in [5.41, 5.74) is 0.399. The third-order valence-corrected chi connectivity index (χ3v) is 6.77. The van der Waals surface area contributed by atoms with Crippen LogP contribution in [0.4, 0.5) is 0 Å². The molecule has 0 saturated carbocycles. The summed E-state index contributed by atoms with van der Waals surface area (Å²) in [6, 6.07) is 1.30. The summed E-state index contributed by atoms with van der Waals surface area (Å²) in [5.74, 6) is -1.31. The number of halogens is 3. The Bertz CT molecular complexity index is 712. The number of nitrogens with zero attached hydrogens (tertiary/aromatic N) is 1. The molecule has 1 heterocycles. The first-order valence-corrected chi connectivity index (χ1v) is 9.47. The highest BCUT2D eigenvalue weighted by atomic mass is 79.9. The molecule has 0 aliphatic carbocycles. The molecule has 0 unspecified atom stereocenters. The predicted molar refractivity (Wildman–Crippen MR) is 85.0 cm³/mol. The van der Waals surface area contributed by atoms with E-state index in [9.17, 15) is 18.3 Å². The van der Waals surface area contributed by atoms with Crippen LogP contribution >= 0.6 is 39.1 Å². The molecule has 0 bridgehead atoms. The maximum Gasteiger partial charge on any atom is 0.322 e. The topological polar surface area (TPSA) is 94.9 Å². The summed E-state index contributed by atoms with van der Waals surface area (Å²) in [7, 11) is -4.16. The Morgan fingerprint density at radius 1 is 1.41 bits per heavy atom. The lowest BCUT2D eigenvalue weighted by Crippen LogP contribution is -2.40. The van der Waals surface area contributed by atoms with Crippen molar-refractivity contribution in [3.63, 3.8) is 0 Å². The van der Waals surface area contributed by atoms with Gasteiger partial charge < -0.3 is 10.2 Å². The predicted octanol–water partition coefficient (Wildman–Crippen LogP) is 2.10. The van der Waals surface area contributed by atoms with Crippen LogP contribution in [0.25, 0.3) is 0 Å². The monoisotopic (exact) mass is 431 g/mol. The zero-order valence-corrected chi connectivity index (χ0v) is 15.0. The molecule has 10 heteroatoms. The average molecular weight is 433 g/mol. The Morgan fingerprint density at radius 3 is 2.59 bits per heavy atom. The minimum absolute atomic E-state index is 0.0603. The third-order valence-electron chi connectivity index (χ3n) is 3.39. The van der Waals surface area contributed by atoms with Gasteiger partial charge >= 0.3 is 5.97 Å². The van der Waals surface area contributed by atoms with Crippen molar-refractivity contribution in [1.29, 1.82) is 0 Å². The largest absolute Gasteiger partial charge is 0.480 e. The molecule has 0 spiro atoms. The molecule has 122 valence electrons. The fourth-order valence-corrected chi connectivity index (χ4v) is 5.72. The van der Waals surface area contributed by atoms with Gasteiger partial charge in [-0.2, -0.15) is 4.31 Å². The number of rotatable bonds is 4. The van der Waals surface area contributed by atoms with Gasteiger partial charge in [0.05, 0.1) is 11.1 Å². The number of β-amino-alcohol motifs (C(OH)–C–C–N with tert-alkyl or cyclic N) is 1. The molecule has 2 rings (SSSR count). The van der Waals surface area contributed by atoms with Crippen molar-refractivity contribution in [3.8, 4) is 0 Å². The highest BCUT2D eigenvalue weighted by molar-refractivity contribution is 9.08. The molecule has 6 nitrogen and oxygen atoms in total. The van der Waals surface area contributed by atoms with Crippen molar-refractivity contribution >= 4 is 55.1 Å². The van der Waals surface area contributed by atoms with Crippen molar-refractivity contribution in [3.05, 3.63) is 27.7 Å². The summed E-state index contributed by atoms with van der Waals surface area (Å²) in [4.78, 5) is 11.0. The van der Waals surface area contributed by atoms with Gasteiger partial charge in [-0.15, -0.1) is 0 Å². The van der Waals surface area contributed by atoms with Crippen LogP contribution in [0, 0.1) is 0 Å². The molecular weight excluding hydrogens is 421 g/mol. The van der Waals surface area contributed by atoms with E-state index in [1.165, 1.54) is 12.1 Å². The number of sulfonamides is 1. The number of aliphatic hydroxyl groups excluding tert-OH is 1. The number of aliphatic carboxylic acids is 1. The number of hydrogen-bond donors (Lipinski definition) is 2. The van der Waals surface area contributed by atoms with Crippen LogP contribution in [0.15, 0.2) is 17.0 Å². The fraction of sp³-hybridized carbons (Fsp3) is 0.417. The molecule has 1 aromatic carbocycles. The molecule has 22 heavy (non-hydrogen) atoms. The van der Waals surface area contributed by atoms with E-state index in [-0.39, 0.29) is 28.2 Å². The lowest BCUT2D eigenvalue weighted by molar-refractivity contribution is -0.140. The fourth-order valence-electron chi connectivity index (χ4n) is 2.30. The van der Waals surface area contributed by atoms with Gasteiger partial charge in [0.15, 0.2) is 0 Å². The number of carboxylic acid groups (broad SMARTS) is 1. The summed E-state index contributed by atoms with van der Waals surface area (Å²) in [6.45, 7) is -0.290. The molecule has 0 amide bonds. The minimum atomic E-state index is -4.16. The first-order valence-electron chi connectivity index (χ1n) is 6.15. The van der Waals surface area contributed by atoms with E-state index in [0.29, 0.717) is 10.6 Å². The van der Waals surface area contributed by atoms with Crippen LogP contribution in [0.1, 0.15) is 12.0 Å². The summed E-state index contributed by atoms with van der Waals surface area (Å²) < 4.78 is 26.2. The van der Waals surface area contributed by atoms with E-state index in [4.69, 9.17) is 28.3 Å². The van der Waals surface area contributed by atoms with Crippen molar-refractivity contribution < 1.29 is 23.4 Å². The smallest absolute Gasteiger partial charge is 0.322 e. The van der Waals surface area contributed by atoms with Gasteiger partial charge in [0.2, 0.25) is 10.0 Å². The number of hydrogen-bond acceptors (Lipinski definition) is 4. The van der Waals surface area contributed by atoms with E-state index in [2.05, 4.69) is 15.9 Å². The summed E-state index contributed by atoms with van der Waals surface area (Å²) >= 11 is 15.2. The van der Waals surface area contributed by atoms with Crippen molar-refractivity contribution in [2.45, 2.75) is 28.8 Å². The number of aliphatic hydroxyl groups is 1. The Balaban J connectivity index is 2.54.